The molecule has 0 saturated heterocycles. The van der Waals surface area contributed by atoms with Crippen LogP contribution < -0.4 is 4.72 Å². The molecule has 0 bridgehead atoms. The van der Waals surface area contributed by atoms with E-state index in [2.05, 4.69) is 32.1 Å². The van der Waals surface area contributed by atoms with Gasteiger partial charge in [-0.2, -0.15) is 0 Å². The van der Waals surface area contributed by atoms with Crippen molar-refractivity contribution in [2.45, 2.75) is 58.9 Å². The third kappa shape index (κ3) is 3.17. The van der Waals surface area contributed by atoms with Crippen molar-refractivity contribution >= 4 is 10.0 Å². The summed E-state index contributed by atoms with van der Waals surface area (Å²) in [4.78, 5) is 0. The maximum absolute atomic E-state index is 11.5. The Labute approximate surface area is 123 Å². The Morgan fingerprint density at radius 1 is 1.35 bits per heavy atom. The van der Waals surface area contributed by atoms with E-state index in [0.717, 1.165) is 19.3 Å². The standard InChI is InChI=1S/C16H27NO2S/c1-11(2)13-6-8-16(4)9-7-15(17-20(5,18)19)12(3)14(16)10-13/h13,15,17H,1,6-10H2,2-5H3/t13-,15+,16-/m0/s1. The number of nitrogens with one attached hydrogen (secondary N) is 1. The zero-order valence-electron chi connectivity index (χ0n) is 13.1. The van der Waals surface area contributed by atoms with Crippen LogP contribution in [0.3, 0.4) is 0 Å². The van der Waals surface area contributed by atoms with Crippen molar-refractivity contribution in [1.82, 2.24) is 4.72 Å². The van der Waals surface area contributed by atoms with Gasteiger partial charge < -0.3 is 0 Å². The van der Waals surface area contributed by atoms with Crippen molar-refractivity contribution in [2.75, 3.05) is 6.26 Å². The van der Waals surface area contributed by atoms with Crippen LogP contribution in [0.25, 0.3) is 0 Å². The highest BCUT2D eigenvalue weighted by Gasteiger charge is 2.41. The number of hydrogen-bond acceptors (Lipinski definition) is 2. The van der Waals surface area contributed by atoms with E-state index in [0.29, 0.717) is 5.92 Å². The van der Waals surface area contributed by atoms with Crippen molar-refractivity contribution < 1.29 is 8.42 Å². The highest BCUT2D eigenvalue weighted by atomic mass is 32.2. The van der Waals surface area contributed by atoms with Crippen LogP contribution in [-0.2, 0) is 10.0 Å². The predicted molar refractivity (Wildman–Crippen MR) is 84.0 cm³/mol. The van der Waals surface area contributed by atoms with Crippen molar-refractivity contribution in [3.8, 4) is 0 Å². The minimum atomic E-state index is -3.15. The molecule has 2 rings (SSSR count). The molecule has 1 saturated carbocycles. The third-order valence-electron chi connectivity index (χ3n) is 5.26. The second-order valence-electron chi connectivity index (χ2n) is 6.99. The van der Waals surface area contributed by atoms with Crippen LogP contribution in [0.15, 0.2) is 23.3 Å². The quantitative estimate of drug-likeness (QED) is 0.812. The molecule has 3 nitrogen and oxygen atoms in total. The summed E-state index contributed by atoms with van der Waals surface area (Å²) >= 11 is 0. The SMILES string of the molecule is C=C(C)[C@H]1CC[C@@]2(C)CC[C@@H](NS(C)(=O)=O)C(C)=C2C1. The molecule has 1 N–H and O–H groups in total. The van der Waals surface area contributed by atoms with Crippen LogP contribution in [0.4, 0.5) is 0 Å². The average molecular weight is 297 g/mol. The summed E-state index contributed by atoms with van der Waals surface area (Å²) < 4.78 is 25.8. The van der Waals surface area contributed by atoms with E-state index < -0.39 is 10.0 Å². The first kappa shape index (κ1) is 15.8. The van der Waals surface area contributed by atoms with Gasteiger partial charge >= 0.3 is 0 Å². The third-order valence-corrected chi connectivity index (χ3v) is 5.97. The van der Waals surface area contributed by atoms with Crippen LogP contribution in [-0.4, -0.2) is 20.7 Å². The van der Waals surface area contributed by atoms with Gasteiger partial charge in [0.2, 0.25) is 10.0 Å². The number of hydrogen-bond donors (Lipinski definition) is 1. The Kier molecular flexibility index (Phi) is 4.18. The molecule has 0 radical (unpaired) electrons. The molecule has 20 heavy (non-hydrogen) atoms. The molecular formula is C16H27NO2S. The van der Waals surface area contributed by atoms with Gasteiger partial charge in [0.05, 0.1) is 6.26 Å². The Morgan fingerprint density at radius 2 is 1.95 bits per heavy atom. The van der Waals surface area contributed by atoms with E-state index in [1.165, 1.54) is 35.8 Å². The van der Waals surface area contributed by atoms with E-state index in [1.807, 2.05) is 0 Å². The fourth-order valence-electron chi connectivity index (χ4n) is 3.87. The van der Waals surface area contributed by atoms with E-state index in [9.17, 15) is 8.42 Å². The molecule has 0 spiro atoms. The Bertz CT molecular complexity index is 547. The van der Waals surface area contributed by atoms with E-state index >= 15 is 0 Å². The number of allylic oxidation sites excluding steroid dienone is 2. The van der Waals surface area contributed by atoms with Gasteiger partial charge in [-0.1, -0.05) is 30.2 Å². The predicted octanol–water partition coefficient (Wildman–Crippen LogP) is 3.40. The van der Waals surface area contributed by atoms with Gasteiger partial charge in [-0.05, 0) is 57.3 Å². The fourth-order valence-corrected chi connectivity index (χ4v) is 4.68. The van der Waals surface area contributed by atoms with Crippen molar-refractivity contribution in [3.05, 3.63) is 23.3 Å². The van der Waals surface area contributed by atoms with Crippen molar-refractivity contribution in [2.24, 2.45) is 11.3 Å². The molecule has 0 heterocycles. The monoisotopic (exact) mass is 297 g/mol. The smallest absolute Gasteiger partial charge is 0.209 e. The summed E-state index contributed by atoms with van der Waals surface area (Å²) in [6.07, 6.45) is 6.71. The zero-order valence-corrected chi connectivity index (χ0v) is 13.9. The highest BCUT2D eigenvalue weighted by molar-refractivity contribution is 7.88. The van der Waals surface area contributed by atoms with Crippen molar-refractivity contribution in [1.29, 1.82) is 0 Å². The summed E-state index contributed by atoms with van der Waals surface area (Å²) in [5, 5.41) is 0. The van der Waals surface area contributed by atoms with E-state index in [-0.39, 0.29) is 11.5 Å². The highest BCUT2D eigenvalue weighted by Crippen LogP contribution is 2.52. The van der Waals surface area contributed by atoms with Gasteiger partial charge in [0.1, 0.15) is 0 Å². The second-order valence-corrected chi connectivity index (χ2v) is 8.77. The van der Waals surface area contributed by atoms with Crippen molar-refractivity contribution in [3.63, 3.8) is 0 Å². The summed E-state index contributed by atoms with van der Waals surface area (Å²) in [6.45, 7) is 10.7. The molecule has 2 aliphatic carbocycles. The van der Waals surface area contributed by atoms with Crippen LogP contribution >= 0.6 is 0 Å². The molecule has 0 aliphatic heterocycles. The van der Waals surface area contributed by atoms with Gasteiger partial charge in [0.15, 0.2) is 0 Å². The van der Waals surface area contributed by atoms with E-state index in [4.69, 9.17) is 0 Å². The molecule has 0 aromatic heterocycles. The Morgan fingerprint density at radius 3 is 2.50 bits per heavy atom. The topological polar surface area (TPSA) is 46.2 Å². The molecule has 0 amide bonds. The van der Waals surface area contributed by atoms with Crippen LogP contribution in [0, 0.1) is 11.3 Å². The first-order valence-corrected chi connectivity index (χ1v) is 9.34. The normalized spacial score (nSPS) is 34.8. The molecule has 4 heteroatoms. The molecule has 1 fully saturated rings. The molecule has 0 aromatic rings. The van der Waals surface area contributed by atoms with E-state index in [1.54, 1.807) is 0 Å². The lowest BCUT2D eigenvalue weighted by Gasteiger charge is -2.46. The number of rotatable bonds is 3. The fraction of sp³-hybridized carbons (Fsp3) is 0.750. The molecule has 0 unspecified atom stereocenters. The minimum absolute atomic E-state index is 0.0167. The van der Waals surface area contributed by atoms with Gasteiger partial charge in [-0.15, -0.1) is 0 Å². The first-order chi connectivity index (χ1) is 9.12. The minimum Gasteiger partial charge on any atom is -0.213 e. The first-order valence-electron chi connectivity index (χ1n) is 7.45. The van der Waals surface area contributed by atoms with Crippen LogP contribution in [0.2, 0.25) is 0 Å². The van der Waals surface area contributed by atoms with Crippen LogP contribution in [0.1, 0.15) is 52.9 Å². The Balaban J connectivity index is 2.31. The van der Waals surface area contributed by atoms with Gasteiger partial charge in [-0.3, -0.25) is 0 Å². The maximum atomic E-state index is 11.5. The second kappa shape index (κ2) is 5.30. The lowest BCUT2D eigenvalue weighted by molar-refractivity contribution is 0.220. The molecule has 0 aromatic carbocycles. The van der Waals surface area contributed by atoms with Gasteiger partial charge in [-0.25, -0.2) is 13.1 Å². The van der Waals surface area contributed by atoms with Gasteiger partial charge in [0.25, 0.3) is 0 Å². The van der Waals surface area contributed by atoms with Gasteiger partial charge in [0, 0.05) is 6.04 Å². The maximum Gasteiger partial charge on any atom is 0.209 e. The molecular weight excluding hydrogens is 270 g/mol. The molecule has 114 valence electrons. The summed E-state index contributed by atoms with van der Waals surface area (Å²) in [5.74, 6) is 0.560. The van der Waals surface area contributed by atoms with Crippen LogP contribution in [0.5, 0.6) is 0 Å². The zero-order chi connectivity index (χ0) is 15.1. The number of fused-ring (bicyclic) bond motifs is 1. The lowest BCUT2D eigenvalue weighted by Crippen LogP contribution is -2.42. The summed E-state index contributed by atoms with van der Waals surface area (Å²) in [5.41, 5.74) is 4.25. The summed E-state index contributed by atoms with van der Waals surface area (Å²) in [7, 11) is -3.15. The Hall–Kier alpha value is -0.610. The average Bonchev–Trinajstić information content (AvgIpc) is 2.31. The number of sulfonamides is 1. The lowest BCUT2D eigenvalue weighted by atomic mass is 9.60. The largest absolute Gasteiger partial charge is 0.213 e. The molecule has 2 aliphatic rings. The summed E-state index contributed by atoms with van der Waals surface area (Å²) in [6, 6.07) is -0.0167. The molecule has 3 atom stereocenters.